The van der Waals surface area contributed by atoms with Crippen LogP contribution in [0.5, 0.6) is 5.75 Å². The number of aromatic nitrogens is 3. The summed E-state index contributed by atoms with van der Waals surface area (Å²) in [7, 11) is 7.00. The van der Waals surface area contributed by atoms with Crippen LogP contribution in [-0.4, -0.2) is 82.7 Å². The van der Waals surface area contributed by atoms with Gasteiger partial charge in [0.05, 0.1) is 35.4 Å². The van der Waals surface area contributed by atoms with Crippen LogP contribution in [0, 0.1) is 0 Å². The van der Waals surface area contributed by atoms with Crippen LogP contribution in [0.1, 0.15) is 15.9 Å². The Morgan fingerprint density at radius 2 is 2.05 bits per heavy atom. The Morgan fingerprint density at radius 1 is 1.27 bits per heavy atom. The summed E-state index contributed by atoms with van der Waals surface area (Å²) >= 11 is 0. The molecule has 2 aromatic heterocycles. The lowest BCUT2D eigenvalue weighted by Crippen LogP contribution is -2.45. The number of hydrogen-bond acceptors (Lipinski definition) is 5. The van der Waals surface area contributed by atoms with E-state index in [-0.39, 0.29) is 24.9 Å². The molecule has 1 aliphatic rings. The molecule has 0 saturated carbocycles. The molecular formula is C27H31FN6O3. The van der Waals surface area contributed by atoms with Crippen LogP contribution in [0.2, 0.25) is 0 Å². The zero-order valence-corrected chi connectivity index (χ0v) is 21.5. The van der Waals surface area contributed by atoms with Crippen molar-refractivity contribution in [1.29, 1.82) is 0 Å². The molecule has 0 aliphatic carbocycles. The number of imidazole rings is 1. The van der Waals surface area contributed by atoms with Crippen molar-refractivity contribution in [2.45, 2.75) is 19.0 Å². The van der Waals surface area contributed by atoms with Gasteiger partial charge in [-0.1, -0.05) is 12.1 Å². The molecule has 4 aromatic rings. The van der Waals surface area contributed by atoms with Gasteiger partial charge in [0.15, 0.2) is 5.82 Å². The van der Waals surface area contributed by atoms with Crippen molar-refractivity contribution in [3.63, 3.8) is 0 Å². The van der Waals surface area contributed by atoms with Gasteiger partial charge in [-0.15, -0.1) is 0 Å². The Morgan fingerprint density at radius 3 is 2.76 bits per heavy atom. The topological polar surface area (TPSA) is 98.6 Å². The molecule has 0 saturated heterocycles. The highest BCUT2D eigenvalue weighted by Gasteiger charge is 2.28. The van der Waals surface area contributed by atoms with Crippen LogP contribution in [0.4, 0.5) is 4.39 Å². The van der Waals surface area contributed by atoms with Crippen molar-refractivity contribution in [1.82, 2.24) is 23.9 Å². The van der Waals surface area contributed by atoms with Gasteiger partial charge in [-0.3, -0.25) is 9.59 Å². The first-order valence-corrected chi connectivity index (χ1v) is 12.2. The molecule has 2 aromatic carbocycles. The molecule has 9 nitrogen and oxygen atoms in total. The molecule has 3 heterocycles. The number of hydrogen-bond donors (Lipinski definition) is 1. The molecule has 1 aliphatic heterocycles. The van der Waals surface area contributed by atoms with Crippen LogP contribution in [-0.2, 0) is 24.8 Å². The fraction of sp³-hybridized carbons (Fsp3) is 0.370. The van der Waals surface area contributed by atoms with E-state index in [9.17, 15) is 14.0 Å². The fourth-order valence-electron chi connectivity index (χ4n) is 5.03. The maximum absolute atomic E-state index is 13.2. The molecule has 0 unspecified atom stereocenters. The van der Waals surface area contributed by atoms with Crippen molar-refractivity contribution >= 4 is 33.8 Å². The number of likely N-dealkylation sites (N-methyl/N-ethyl adjacent to an activating group) is 1. The smallest absolute Gasteiger partial charge is 0.254 e. The number of methoxy groups -OCH3 is 1. The van der Waals surface area contributed by atoms with E-state index >= 15 is 0 Å². The Balaban J connectivity index is 1.65. The second-order valence-corrected chi connectivity index (χ2v) is 9.71. The van der Waals surface area contributed by atoms with E-state index in [2.05, 4.69) is 0 Å². The number of fused-ring (bicyclic) bond motifs is 3. The molecule has 194 valence electrons. The van der Waals surface area contributed by atoms with Gasteiger partial charge in [-0.2, -0.15) is 0 Å². The number of benzene rings is 2. The highest BCUT2D eigenvalue weighted by Crippen LogP contribution is 2.35. The maximum atomic E-state index is 13.2. The van der Waals surface area contributed by atoms with Gasteiger partial charge in [0.1, 0.15) is 19.0 Å². The first-order chi connectivity index (χ1) is 17.7. The molecular weight excluding hydrogens is 475 g/mol. The standard InChI is InChI=1S/C27H31FN6O3/c1-31(2)24(35)15-34-22(11-17-6-5-7-23(37-4)25(17)34)26-30-20-12-19-16(10-21(20)32(26)3)8-9-33(27(19)36)14-18(29)13-28/h5-7,10-12,18H,8-9,13-15,29H2,1-4H3/t18-/m1/s1. The van der Waals surface area contributed by atoms with E-state index in [0.29, 0.717) is 35.6 Å². The van der Waals surface area contributed by atoms with Crippen molar-refractivity contribution < 1.29 is 18.7 Å². The Hall–Kier alpha value is -3.92. The molecule has 0 radical (unpaired) electrons. The third-order valence-electron chi connectivity index (χ3n) is 7.05. The summed E-state index contributed by atoms with van der Waals surface area (Å²) < 4.78 is 22.5. The highest BCUT2D eigenvalue weighted by molar-refractivity contribution is 6.01. The van der Waals surface area contributed by atoms with Crippen molar-refractivity contribution in [2.24, 2.45) is 12.8 Å². The van der Waals surface area contributed by atoms with Gasteiger partial charge in [-0.25, -0.2) is 9.37 Å². The number of carbonyl (C=O) groups excluding carboxylic acids is 2. The number of nitrogens with zero attached hydrogens (tertiary/aromatic N) is 5. The molecule has 10 heteroatoms. The SMILES string of the molecule is COc1cccc2cc(-c3nc4cc5c(cc4n3C)CCN(C[C@H](N)CF)C5=O)n(CC(=O)N(C)C)c12. The van der Waals surface area contributed by atoms with Gasteiger partial charge in [-0.05, 0) is 36.2 Å². The molecule has 0 spiro atoms. The average molecular weight is 507 g/mol. The Bertz CT molecular complexity index is 1520. The predicted molar refractivity (Wildman–Crippen MR) is 140 cm³/mol. The van der Waals surface area contributed by atoms with E-state index in [0.717, 1.165) is 27.7 Å². The van der Waals surface area contributed by atoms with E-state index in [1.165, 1.54) is 0 Å². The number of ether oxygens (including phenoxy) is 1. The average Bonchev–Trinajstić information content (AvgIpc) is 3.41. The molecule has 2 amide bonds. The third-order valence-corrected chi connectivity index (χ3v) is 7.05. The summed E-state index contributed by atoms with van der Waals surface area (Å²) in [6.07, 6.45) is 0.658. The fourth-order valence-corrected chi connectivity index (χ4v) is 5.03. The molecule has 37 heavy (non-hydrogen) atoms. The Kier molecular flexibility index (Phi) is 6.36. The number of halogens is 1. The van der Waals surface area contributed by atoms with Crippen molar-refractivity contribution in [3.05, 3.63) is 47.5 Å². The third kappa shape index (κ3) is 4.21. The maximum Gasteiger partial charge on any atom is 0.254 e. The number of nitrogens with two attached hydrogens (primary N) is 1. The number of carbonyl (C=O) groups is 2. The largest absolute Gasteiger partial charge is 0.495 e. The summed E-state index contributed by atoms with van der Waals surface area (Å²) in [5.74, 6) is 1.12. The van der Waals surface area contributed by atoms with Gasteiger partial charge < -0.3 is 29.4 Å². The van der Waals surface area contributed by atoms with Crippen LogP contribution < -0.4 is 10.5 Å². The lowest BCUT2D eigenvalue weighted by molar-refractivity contribution is -0.129. The minimum Gasteiger partial charge on any atom is -0.495 e. The summed E-state index contributed by atoms with van der Waals surface area (Å²) in [5, 5.41) is 0.933. The second-order valence-electron chi connectivity index (χ2n) is 9.71. The monoisotopic (exact) mass is 506 g/mol. The molecule has 0 fully saturated rings. The highest BCUT2D eigenvalue weighted by atomic mass is 19.1. The van der Waals surface area contributed by atoms with Crippen molar-refractivity contribution in [3.8, 4) is 17.3 Å². The summed E-state index contributed by atoms with van der Waals surface area (Å²) in [6.45, 7) is 0.126. The zero-order valence-electron chi connectivity index (χ0n) is 21.5. The summed E-state index contributed by atoms with van der Waals surface area (Å²) in [4.78, 5) is 34.0. The van der Waals surface area contributed by atoms with E-state index < -0.39 is 12.7 Å². The normalized spacial score (nSPS) is 14.3. The summed E-state index contributed by atoms with van der Waals surface area (Å²) in [5.41, 5.74) is 10.4. The van der Waals surface area contributed by atoms with Gasteiger partial charge in [0.25, 0.3) is 5.91 Å². The van der Waals surface area contributed by atoms with Crippen LogP contribution in [0.15, 0.2) is 36.4 Å². The molecule has 2 N–H and O–H groups in total. The van der Waals surface area contributed by atoms with Crippen LogP contribution >= 0.6 is 0 Å². The van der Waals surface area contributed by atoms with E-state index in [1.54, 1.807) is 31.0 Å². The second kappa shape index (κ2) is 9.51. The number of para-hydroxylation sites is 1. The number of rotatable bonds is 7. The van der Waals surface area contributed by atoms with Crippen molar-refractivity contribution in [2.75, 3.05) is 41.0 Å². The minimum atomic E-state index is -0.695. The summed E-state index contributed by atoms with van der Waals surface area (Å²) in [6, 6.07) is 10.9. The minimum absolute atomic E-state index is 0.0592. The number of aryl methyl sites for hydroxylation is 1. The van der Waals surface area contributed by atoms with E-state index in [1.807, 2.05) is 52.6 Å². The predicted octanol–water partition coefficient (Wildman–Crippen LogP) is 2.59. The molecule has 0 bridgehead atoms. The first-order valence-electron chi connectivity index (χ1n) is 12.2. The lowest BCUT2D eigenvalue weighted by atomic mass is 9.97. The van der Waals surface area contributed by atoms with E-state index in [4.69, 9.17) is 15.5 Å². The van der Waals surface area contributed by atoms with Gasteiger partial charge >= 0.3 is 0 Å². The first kappa shape index (κ1) is 24.8. The molecule has 5 rings (SSSR count). The van der Waals surface area contributed by atoms with Gasteiger partial charge in [0.2, 0.25) is 5.91 Å². The Labute approximate surface area is 214 Å². The van der Waals surface area contributed by atoms with Crippen LogP contribution in [0.25, 0.3) is 33.5 Å². The lowest BCUT2D eigenvalue weighted by Gasteiger charge is -2.30. The number of alkyl halides is 1. The quantitative estimate of drug-likeness (QED) is 0.416. The molecule has 1 atom stereocenters. The van der Waals surface area contributed by atoms with Crippen LogP contribution in [0.3, 0.4) is 0 Å². The zero-order chi connectivity index (χ0) is 26.4. The van der Waals surface area contributed by atoms with Gasteiger partial charge in [0, 0.05) is 45.2 Å². The number of amides is 2.